The van der Waals surface area contributed by atoms with Gasteiger partial charge < -0.3 is 20.2 Å². The van der Waals surface area contributed by atoms with Crippen LogP contribution < -0.4 is 10.6 Å². The first kappa shape index (κ1) is 32.9. The lowest BCUT2D eigenvalue weighted by Gasteiger charge is -2.27. The number of hydrogen-bond acceptors (Lipinski definition) is 7. The summed E-state index contributed by atoms with van der Waals surface area (Å²) in [5, 5.41) is 27.6. The number of carbonyl (C=O) groups excluding carboxylic acids is 1. The van der Waals surface area contributed by atoms with E-state index < -0.39 is 17.8 Å². The van der Waals surface area contributed by atoms with E-state index in [9.17, 15) is 22.8 Å². The van der Waals surface area contributed by atoms with Crippen LogP contribution in [0.3, 0.4) is 0 Å². The molecule has 0 saturated carbocycles. The number of likely N-dealkylation sites (N-methyl/N-ethyl adjacent to an activating group) is 1. The molecule has 238 valence electrons. The number of halogens is 3. The third kappa shape index (κ3) is 8.15. The molecule has 0 saturated heterocycles. The number of aromatic nitrogens is 5. The summed E-state index contributed by atoms with van der Waals surface area (Å²) in [6.07, 6.45) is 3.71. The van der Waals surface area contributed by atoms with Crippen LogP contribution in [0.15, 0.2) is 43.0 Å². The minimum absolute atomic E-state index is 0.0647. The minimum Gasteiger partial charge on any atom is -0.477 e. The maximum Gasteiger partial charge on any atom is 0.435 e. The largest absolute Gasteiger partial charge is 0.477 e. The van der Waals surface area contributed by atoms with Crippen molar-refractivity contribution in [2.45, 2.75) is 45.3 Å². The molecule has 3 aromatic heterocycles. The van der Waals surface area contributed by atoms with Crippen LogP contribution in [-0.4, -0.2) is 79.3 Å². The van der Waals surface area contributed by atoms with Crippen LogP contribution in [0, 0.1) is 11.3 Å². The fraction of sp³-hybridized carbons (Fsp3) is 0.400. The average molecular weight is 627 g/mol. The van der Waals surface area contributed by atoms with Crippen LogP contribution in [0.5, 0.6) is 0 Å². The fourth-order valence-electron chi connectivity index (χ4n) is 5.08. The van der Waals surface area contributed by atoms with Crippen LogP contribution in [0.4, 0.5) is 24.7 Å². The van der Waals surface area contributed by atoms with Gasteiger partial charge in [-0.25, -0.2) is 14.8 Å². The van der Waals surface area contributed by atoms with E-state index in [1.165, 1.54) is 29.2 Å². The smallest absolute Gasteiger partial charge is 0.435 e. The van der Waals surface area contributed by atoms with E-state index in [0.717, 1.165) is 36.1 Å². The van der Waals surface area contributed by atoms with Gasteiger partial charge in [0.05, 0.1) is 44.2 Å². The monoisotopic (exact) mass is 626 g/mol. The highest BCUT2D eigenvalue weighted by Gasteiger charge is 2.38. The van der Waals surface area contributed by atoms with Crippen molar-refractivity contribution in [1.82, 2.24) is 29.5 Å². The van der Waals surface area contributed by atoms with Crippen molar-refractivity contribution in [2.75, 3.05) is 39.0 Å². The number of unbranched alkanes of at least 4 members (excludes halogenated alkanes) is 2. The van der Waals surface area contributed by atoms with Gasteiger partial charge in [0, 0.05) is 36.4 Å². The number of aliphatic carboxylic acids is 1. The Hall–Kier alpha value is -4.97. The molecule has 0 aliphatic carbocycles. The molecule has 1 aromatic carbocycles. The Morgan fingerprint density at radius 3 is 2.62 bits per heavy atom. The van der Waals surface area contributed by atoms with Crippen molar-refractivity contribution >= 4 is 29.0 Å². The zero-order valence-corrected chi connectivity index (χ0v) is 25.2. The maximum absolute atomic E-state index is 13.8. The summed E-state index contributed by atoms with van der Waals surface area (Å²) in [5.41, 5.74) is 1.02. The number of nitriles is 1. The highest BCUT2D eigenvalue weighted by molar-refractivity contribution is 5.96. The molecule has 0 radical (unpaired) electrons. The van der Waals surface area contributed by atoms with E-state index in [-0.39, 0.29) is 35.9 Å². The van der Waals surface area contributed by atoms with Crippen LogP contribution >= 0.6 is 0 Å². The first-order valence-corrected chi connectivity index (χ1v) is 14.4. The lowest BCUT2D eigenvalue weighted by Crippen LogP contribution is -2.44. The zero-order valence-electron chi connectivity index (χ0n) is 25.2. The van der Waals surface area contributed by atoms with Gasteiger partial charge in [-0.2, -0.15) is 23.5 Å². The minimum atomic E-state index is -4.74. The van der Waals surface area contributed by atoms with Crippen LogP contribution in [-0.2, 0) is 23.9 Å². The van der Waals surface area contributed by atoms with Gasteiger partial charge in [0.2, 0.25) is 0 Å². The van der Waals surface area contributed by atoms with Gasteiger partial charge in [0.1, 0.15) is 6.54 Å². The molecule has 0 aliphatic heterocycles. The van der Waals surface area contributed by atoms with Gasteiger partial charge in [0.25, 0.3) is 5.91 Å². The molecule has 0 spiro atoms. The first-order valence-electron chi connectivity index (χ1n) is 14.4. The summed E-state index contributed by atoms with van der Waals surface area (Å²) in [6.45, 7) is 2.88. The number of aryl methyl sites for hydroxylation is 1. The number of amides is 1. The van der Waals surface area contributed by atoms with Gasteiger partial charge in [-0.3, -0.25) is 13.9 Å². The quantitative estimate of drug-likeness (QED) is 0.137. The normalized spacial score (nSPS) is 11.8. The van der Waals surface area contributed by atoms with E-state index in [1.807, 2.05) is 27.1 Å². The topological polar surface area (TPSA) is 150 Å². The van der Waals surface area contributed by atoms with Crippen LogP contribution in [0.2, 0.25) is 0 Å². The van der Waals surface area contributed by atoms with E-state index >= 15 is 0 Å². The zero-order chi connectivity index (χ0) is 32.8. The number of carboxylic acid groups (broad SMARTS) is 1. The Labute approximate surface area is 257 Å². The van der Waals surface area contributed by atoms with Crippen LogP contribution in [0.25, 0.3) is 16.9 Å². The Balaban J connectivity index is 1.45. The van der Waals surface area contributed by atoms with Crippen molar-refractivity contribution in [3.63, 3.8) is 0 Å². The summed E-state index contributed by atoms with van der Waals surface area (Å²) in [6, 6.07) is 7.04. The molecular weight excluding hydrogens is 591 g/mol. The highest BCUT2D eigenvalue weighted by atomic mass is 19.4. The van der Waals surface area contributed by atoms with E-state index in [0.29, 0.717) is 34.5 Å². The number of imidazole rings is 1. The third-order valence-electron chi connectivity index (χ3n) is 7.25. The predicted octanol–water partition coefficient (Wildman–Crippen LogP) is 4.50. The molecule has 3 N–H and O–H groups in total. The summed E-state index contributed by atoms with van der Waals surface area (Å²) < 4.78 is 44.1. The van der Waals surface area contributed by atoms with Gasteiger partial charge >= 0.3 is 12.1 Å². The molecule has 15 heteroatoms. The summed E-state index contributed by atoms with van der Waals surface area (Å²) in [7, 11) is 3.76. The summed E-state index contributed by atoms with van der Waals surface area (Å²) in [5.74, 6) is -0.730. The van der Waals surface area contributed by atoms with E-state index in [1.54, 1.807) is 18.2 Å². The number of rotatable bonds is 14. The van der Waals surface area contributed by atoms with E-state index in [2.05, 4.69) is 25.7 Å². The molecule has 1 amide bonds. The average Bonchev–Trinajstić information content (AvgIpc) is 3.59. The number of nitrogens with zero attached hydrogens (tertiary/aromatic N) is 7. The number of carboxylic acids is 1. The van der Waals surface area contributed by atoms with Gasteiger partial charge in [-0.1, -0.05) is 6.92 Å². The second-order valence-electron chi connectivity index (χ2n) is 11.2. The Bertz CT molecular complexity index is 1720. The number of carbonyl (C=O) groups is 2. The summed E-state index contributed by atoms with van der Waals surface area (Å²) >= 11 is 0. The fourth-order valence-corrected chi connectivity index (χ4v) is 5.08. The van der Waals surface area contributed by atoms with Crippen LogP contribution in [0.1, 0.15) is 47.8 Å². The molecular formula is C30H35F3N9O3+. The number of fused-ring (bicyclic) bond motifs is 1. The van der Waals surface area contributed by atoms with Crippen molar-refractivity contribution in [1.29, 1.82) is 5.26 Å². The Kier molecular flexibility index (Phi) is 10.1. The van der Waals surface area contributed by atoms with Gasteiger partial charge in [0.15, 0.2) is 23.7 Å². The molecule has 45 heavy (non-hydrogen) atoms. The number of alkyl halides is 3. The van der Waals surface area contributed by atoms with Gasteiger partial charge in [-0.15, -0.1) is 0 Å². The number of anilines is 2. The molecule has 0 atom stereocenters. The Morgan fingerprint density at radius 1 is 1.16 bits per heavy atom. The molecule has 0 aliphatic rings. The predicted molar refractivity (Wildman–Crippen MR) is 160 cm³/mol. The lowest BCUT2D eigenvalue weighted by atomic mass is 10.0. The van der Waals surface area contributed by atoms with Gasteiger partial charge in [-0.05, 0) is 49.4 Å². The molecule has 3 heterocycles. The van der Waals surface area contributed by atoms with Crippen molar-refractivity contribution in [3.05, 3.63) is 59.8 Å². The number of benzene rings is 1. The lowest BCUT2D eigenvalue weighted by molar-refractivity contribution is -0.883. The number of quaternary nitrogens is 1. The number of hydrogen-bond donors (Lipinski definition) is 3. The SMILES string of the molecule is CCc1cc(Nc2nccn3c(-c4cn(CC#N)nc4C(F)(F)F)cnc23)ccc1C(=O)NCCCCC[N+](C)(C)CC(=O)O. The van der Waals surface area contributed by atoms with Crippen molar-refractivity contribution < 1.29 is 32.3 Å². The molecule has 0 unspecified atom stereocenters. The van der Waals surface area contributed by atoms with Crippen molar-refractivity contribution in [3.8, 4) is 17.3 Å². The Morgan fingerprint density at radius 2 is 1.93 bits per heavy atom. The molecule has 0 bridgehead atoms. The first-order chi connectivity index (χ1) is 21.3. The molecule has 12 nitrogen and oxygen atoms in total. The number of nitrogens with one attached hydrogen (secondary N) is 2. The molecule has 0 fully saturated rings. The summed E-state index contributed by atoms with van der Waals surface area (Å²) in [4.78, 5) is 32.5. The molecule has 4 rings (SSSR count). The highest BCUT2D eigenvalue weighted by Crippen LogP contribution is 2.37. The second-order valence-corrected chi connectivity index (χ2v) is 11.2. The van der Waals surface area contributed by atoms with Crippen molar-refractivity contribution in [2.24, 2.45) is 0 Å². The standard InChI is InChI=1S/C30H34F3N9O3/c1-4-20-16-21(8-9-22(20)29(45)36-11-6-5-7-15-42(2,3)19-25(43)44)38-27-28-37-17-24(41(28)14-12-35-27)23-18-40(13-10-34)39-26(23)30(31,32)33/h8-9,12,14,16-18H,4-7,11,13,15,19H2,1-3H3,(H2-,35,36,38,43,44,45)/p+1. The maximum atomic E-state index is 13.8. The molecule has 4 aromatic rings. The third-order valence-corrected chi connectivity index (χ3v) is 7.25. The van der Waals surface area contributed by atoms with E-state index in [4.69, 9.17) is 10.4 Å². The second kappa shape index (κ2) is 13.8.